The average molecular weight is 470 g/mol. The van der Waals surface area contributed by atoms with Crippen molar-refractivity contribution in [2.24, 2.45) is 0 Å². The number of benzene rings is 2. The van der Waals surface area contributed by atoms with Gasteiger partial charge in [-0.1, -0.05) is 12.2 Å². The second-order valence-electron chi connectivity index (χ2n) is 6.82. The number of hydrogen-bond acceptors (Lipinski definition) is 8. The molecule has 0 spiro atoms. The predicted molar refractivity (Wildman–Crippen MR) is 129 cm³/mol. The zero-order chi connectivity index (χ0) is 23.8. The first-order chi connectivity index (χ1) is 16.0. The number of carbonyl (C=O) groups is 1. The fourth-order valence-electron chi connectivity index (χ4n) is 3.22. The van der Waals surface area contributed by atoms with Crippen molar-refractivity contribution in [3.63, 3.8) is 0 Å². The third-order valence-electron chi connectivity index (χ3n) is 4.70. The number of thiazole rings is 1. The summed E-state index contributed by atoms with van der Waals surface area (Å²) in [6, 6.07) is 8.98. The maximum absolute atomic E-state index is 12.7. The molecule has 0 saturated heterocycles. The largest absolute Gasteiger partial charge is 0.493 e. The summed E-state index contributed by atoms with van der Waals surface area (Å²) in [5.41, 5.74) is 2.65. The predicted octanol–water partition coefficient (Wildman–Crippen LogP) is 5.62. The van der Waals surface area contributed by atoms with E-state index < -0.39 is 5.97 Å². The van der Waals surface area contributed by atoms with E-state index in [0.717, 1.165) is 16.1 Å². The summed E-state index contributed by atoms with van der Waals surface area (Å²) < 4.78 is 27.3. The van der Waals surface area contributed by atoms with E-state index >= 15 is 0 Å². The van der Waals surface area contributed by atoms with Crippen LogP contribution in [0, 0.1) is 0 Å². The molecule has 1 heterocycles. The van der Waals surface area contributed by atoms with E-state index in [1.807, 2.05) is 49.6 Å². The highest BCUT2D eigenvalue weighted by Gasteiger charge is 2.17. The lowest BCUT2D eigenvalue weighted by molar-refractivity contribution is 0.0468. The van der Waals surface area contributed by atoms with Crippen LogP contribution in [0.15, 0.2) is 41.8 Å². The number of esters is 1. The summed E-state index contributed by atoms with van der Waals surface area (Å²) >= 11 is 1.46. The molecular weight excluding hydrogens is 442 g/mol. The van der Waals surface area contributed by atoms with Crippen molar-refractivity contribution in [1.29, 1.82) is 0 Å². The number of hydrogen-bond donors (Lipinski definition) is 0. The summed E-state index contributed by atoms with van der Waals surface area (Å²) in [4.78, 5) is 17.3. The minimum atomic E-state index is -0.473. The van der Waals surface area contributed by atoms with Gasteiger partial charge < -0.3 is 23.7 Å². The van der Waals surface area contributed by atoms with E-state index in [1.54, 1.807) is 26.4 Å². The van der Waals surface area contributed by atoms with E-state index in [9.17, 15) is 4.79 Å². The molecule has 0 aliphatic rings. The maximum atomic E-state index is 12.7. The van der Waals surface area contributed by atoms with Crippen molar-refractivity contribution < 1.29 is 28.5 Å². The van der Waals surface area contributed by atoms with Gasteiger partial charge in [-0.3, -0.25) is 0 Å². The van der Waals surface area contributed by atoms with Gasteiger partial charge in [-0.2, -0.15) is 0 Å². The highest BCUT2D eigenvalue weighted by Crippen LogP contribution is 2.35. The van der Waals surface area contributed by atoms with Crippen molar-refractivity contribution in [1.82, 2.24) is 4.98 Å². The first kappa shape index (κ1) is 24.1. The van der Waals surface area contributed by atoms with Crippen LogP contribution >= 0.6 is 11.3 Å². The lowest BCUT2D eigenvalue weighted by atomic mass is 10.1. The van der Waals surface area contributed by atoms with Gasteiger partial charge in [-0.05, 0) is 44.2 Å². The molecule has 0 aliphatic carbocycles. The minimum Gasteiger partial charge on any atom is -0.493 e. The Labute approximate surface area is 197 Å². The Balaban J connectivity index is 1.74. The summed E-state index contributed by atoms with van der Waals surface area (Å²) in [7, 11) is 4.69. The molecule has 0 bridgehead atoms. The number of ether oxygens (including phenoxy) is 5. The van der Waals surface area contributed by atoms with Crippen LogP contribution in [0.4, 0.5) is 0 Å². The van der Waals surface area contributed by atoms with Crippen molar-refractivity contribution in [2.75, 3.05) is 27.9 Å². The number of carbonyl (C=O) groups excluding carboxylic acids is 1. The maximum Gasteiger partial charge on any atom is 0.338 e. The number of allylic oxidation sites excluding steroid dienone is 1. The molecule has 1 aromatic heterocycles. The number of rotatable bonds is 10. The van der Waals surface area contributed by atoms with Crippen LogP contribution in [-0.4, -0.2) is 38.9 Å². The highest BCUT2D eigenvalue weighted by molar-refractivity contribution is 7.13. The van der Waals surface area contributed by atoms with Crippen molar-refractivity contribution >= 4 is 23.4 Å². The van der Waals surface area contributed by atoms with E-state index in [2.05, 4.69) is 4.98 Å². The Bertz CT molecular complexity index is 1140. The van der Waals surface area contributed by atoms with Crippen LogP contribution in [0.2, 0.25) is 0 Å². The van der Waals surface area contributed by atoms with Crippen molar-refractivity contribution in [3.8, 4) is 33.6 Å². The molecule has 0 N–H and O–H groups in total. The molecule has 33 heavy (non-hydrogen) atoms. The Hall–Kier alpha value is -3.52. The summed E-state index contributed by atoms with van der Waals surface area (Å²) in [6.07, 6.45) is 3.70. The Kier molecular flexibility index (Phi) is 8.32. The number of aromatic nitrogens is 1. The van der Waals surface area contributed by atoms with Gasteiger partial charge in [0.15, 0.2) is 23.0 Å². The fraction of sp³-hybridized carbons (Fsp3) is 0.280. The van der Waals surface area contributed by atoms with Gasteiger partial charge >= 0.3 is 5.97 Å². The van der Waals surface area contributed by atoms with E-state index in [4.69, 9.17) is 23.7 Å². The van der Waals surface area contributed by atoms with Gasteiger partial charge in [0.05, 0.1) is 39.2 Å². The van der Waals surface area contributed by atoms with Gasteiger partial charge in [-0.15, -0.1) is 11.3 Å². The normalized spacial score (nSPS) is 10.8. The Morgan fingerprint density at radius 1 is 1.03 bits per heavy atom. The molecule has 0 atom stereocenters. The number of methoxy groups -OCH3 is 3. The summed E-state index contributed by atoms with van der Waals surface area (Å²) in [5, 5.41) is 2.66. The summed E-state index contributed by atoms with van der Waals surface area (Å²) in [6.45, 7) is 4.41. The Morgan fingerprint density at radius 3 is 2.48 bits per heavy atom. The van der Waals surface area contributed by atoms with Gasteiger partial charge in [0.1, 0.15) is 11.6 Å². The molecule has 0 amide bonds. The molecule has 174 valence electrons. The zero-order valence-corrected chi connectivity index (χ0v) is 20.2. The minimum absolute atomic E-state index is 0.0524. The smallest absolute Gasteiger partial charge is 0.338 e. The van der Waals surface area contributed by atoms with E-state index in [0.29, 0.717) is 40.9 Å². The fourth-order valence-corrected chi connectivity index (χ4v) is 4.02. The van der Waals surface area contributed by atoms with E-state index in [1.165, 1.54) is 18.4 Å². The molecule has 0 radical (unpaired) electrons. The molecule has 0 aliphatic heterocycles. The van der Waals surface area contributed by atoms with Gasteiger partial charge in [0, 0.05) is 16.5 Å². The third kappa shape index (κ3) is 5.64. The second-order valence-corrected chi connectivity index (χ2v) is 7.68. The van der Waals surface area contributed by atoms with Crippen LogP contribution in [0.1, 0.15) is 35.5 Å². The van der Waals surface area contributed by atoms with Gasteiger partial charge in [0.25, 0.3) is 0 Å². The SMILES string of the molecule is C/C=C/c1cc(C(=O)OCc2csc(-c3ccc(OCC)c(OC)c3)n2)cc(OC)c1OC. The van der Waals surface area contributed by atoms with Crippen LogP contribution in [0.3, 0.4) is 0 Å². The summed E-state index contributed by atoms with van der Waals surface area (Å²) in [5.74, 6) is 1.87. The first-order valence-corrected chi connectivity index (χ1v) is 11.2. The van der Waals surface area contributed by atoms with Crippen LogP contribution in [-0.2, 0) is 11.3 Å². The van der Waals surface area contributed by atoms with Crippen LogP contribution < -0.4 is 18.9 Å². The van der Waals surface area contributed by atoms with E-state index in [-0.39, 0.29) is 6.61 Å². The standard InChI is InChI=1S/C25H27NO6S/c1-6-8-16-11-18(13-22(29-4)23(16)30-5)25(27)32-14-19-15-33-24(26-19)17-9-10-20(31-7-2)21(12-17)28-3/h6,8-13,15H,7,14H2,1-5H3/b8-6+. The molecule has 2 aromatic carbocycles. The first-order valence-electron chi connectivity index (χ1n) is 10.4. The quantitative estimate of drug-likeness (QED) is 0.357. The van der Waals surface area contributed by atoms with Crippen molar-refractivity contribution in [3.05, 3.63) is 58.6 Å². The topological polar surface area (TPSA) is 76.1 Å². The molecule has 0 unspecified atom stereocenters. The molecular formula is C25H27NO6S. The second kappa shape index (κ2) is 11.4. The highest BCUT2D eigenvalue weighted by atomic mass is 32.1. The molecule has 7 nitrogen and oxygen atoms in total. The lowest BCUT2D eigenvalue weighted by Crippen LogP contribution is -2.07. The van der Waals surface area contributed by atoms with Crippen LogP contribution in [0.5, 0.6) is 23.0 Å². The molecule has 8 heteroatoms. The average Bonchev–Trinajstić information content (AvgIpc) is 3.31. The lowest BCUT2D eigenvalue weighted by Gasteiger charge is -2.13. The van der Waals surface area contributed by atoms with Crippen LogP contribution in [0.25, 0.3) is 16.6 Å². The monoisotopic (exact) mass is 469 g/mol. The molecule has 3 rings (SSSR count). The molecule has 0 saturated carbocycles. The van der Waals surface area contributed by atoms with Gasteiger partial charge in [-0.25, -0.2) is 9.78 Å². The number of nitrogens with zero attached hydrogens (tertiary/aromatic N) is 1. The van der Waals surface area contributed by atoms with Gasteiger partial charge in [0.2, 0.25) is 0 Å². The van der Waals surface area contributed by atoms with Crippen molar-refractivity contribution in [2.45, 2.75) is 20.5 Å². The molecule has 3 aromatic rings. The third-order valence-corrected chi connectivity index (χ3v) is 5.64. The Morgan fingerprint density at radius 2 is 1.82 bits per heavy atom. The zero-order valence-electron chi connectivity index (χ0n) is 19.3. The molecule has 0 fully saturated rings.